The first-order chi connectivity index (χ1) is 7.25. The predicted molar refractivity (Wildman–Crippen MR) is 57.1 cm³/mol. The summed E-state index contributed by atoms with van der Waals surface area (Å²) in [5, 5.41) is 0. The van der Waals surface area contributed by atoms with Crippen LogP contribution in [0.1, 0.15) is 12.7 Å². The normalized spacial score (nSPS) is 12.7. The minimum absolute atomic E-state index is 0.0783. The Morgan fingerprint density at radius 1 is 1.40 bits per heavy atom. The number of hydrogen-bond acceptors (Lipinski definition) is 4. The summed E-state index contributed by atoms with van der Waals surface area (Å²) in [6, 6.07) is 5.70. The molecule has 2 aromatic rings. The molecular weight excluding hydrogens is 190 g/mol. The Morgan fingerprint density at radius 3 is 2.93 bits per heavy atom. The second-order valence-electron chi connectivity index (χ2n) is 3.53. The number of aromatic nitrogens is 2. The topological polar surface area (TPSA) is 64.9 Å². The van der Waals surface area contributed by atoms with Crippen LogP contribution in [0.2, 0.25) is 0 Å². The zero-order valence-corrected chi connectivity index (χ0v) is 8.55. The molecule has 0 spiro atoms. The van der Waals surface area contributed by atoms with Crippen molar-refractivity contribution in [2.75, 3.05) is 0 Å². The quantitative estimate of drug-likeness (QED) is 0.823. The zero-order chi connectivity index (χ0) is 10.7. The largest absolute Gasteiger partial charge is 0.440 e. The molecule has 2 heterocycles. The maximum Gasteiger partial charge on any atom is 0.245 e. The van der Waals surface area contributed by atoms with E-state index >= 15 is 0 Å². The smallest absolute Gasteiger partial charge is 0.245 e. The molecule has 0 saturated heterocycles. The van der Waals surface area contributed by atoms with Gasteiger partial charge in [0.25, 0.3) is 0 Å². The van der Waals surface area contributed by atoms with E-state index in [0.29, 0.717) is 12.3 Å². The molecule has 2 N–H and O–H groups in total. The van der Waals surface area contributed by atoms with E-state index in [2.05, 4.69) is 9.97 Å². The SMILES string of the molecule is CC(N)Cc1cnc(-c2ccccn2)o1. The van der Waals surface area contributed by atoms with Gasteiger partial charge < -0.3 is 10.2 Å². The Morgan fingerprint density at radius 2 is 2.27 bits per heavy atom. The molecule has 0 aliphatic rings. The lowest BCUT2D eigenvalue weighted by molar-refractivity contribution is 0.498. The van der Waals surface area contributed by atoms with Crippen molar-refractivity contribution >= 4 is 0 Å². The number of nitrogens with two attached hydrogens (primary N) is 1. The first-order valence-electron chi connectivity index (χ1n) is 4.87. The Labute approximate surface area is 88.2 Å². The first kappa shape index (κ1) is 9.86. The molecule has 0 amide bonds. The van der Waals surface area contributed by atoms with Crippen LogP contribution in [0.25, 0.3) is 11.6 Å². The van der Waals surface area contributed by atoms with Crippen LogP contribution in [-0.2, 0) is 6.42 Å². The van der Waals surface area contributed by atoms with Crippen molar-refractivity contribution in [3.8, 4) is 11.6 Å². The highest BCUT2D eigenvalue weighted by Gasteiger charge is 2.08. The Kier molecular flexibility index (Phi) is 2.78. The monoisotopic (exact) mass is 203 g/mol. The van der Waals surface area contributed by atoms with Crippen molar-refractivity contribution in [3.05, 3.63) is 36.4 Å². The molecule has 1 unspecified atom stereocenters. The minimum Gasteiger partial charge on any atom is -0.440 e. The summed E-state index contributed by atoms with van der Waals surface area (Å²) in [5.74, 6) is 1.34. The van der Waals surface area contributed by atoms with Crippen molar-refractivity contribution in [3.63, 3.8) is 0 Å². The molecule has 0 bridgehead atoms. The van der Waals surface area contributed by atoms with Gasteiger partial charge in [-0.1, -0.05) is 6.07 Å². The summed E-state index contributed by atoms with van der Waals surface area (Å²) < 4.78 is 5.53. The fourth-order valence-corrected chi connectivity index (χ4v) is 1.33. The second-order valence-corrected chi connectivity index (χ2v) is 3.53. The van der Waals surface area contributed by atoms with Gasteiger partial charge in [0, 0.05) is 18.7 Å². The summed E-state index contributed by atoms with van der Waals surface area (Å²) in [6.07, 6.45) is 4.11. The van der Waals surface area contributed by atoms with Gasteiger partial charge in [-0.2, -0.15) is 0 Å². The number of rotatable bonds is 3. The molecule has 0 fully saturated rings. The van der Waals surface area contributed by atoms with Gasteiger partial charge in [0.15, 0.2) is 0 Å². The lowest BCUT2D eigenvalue weighted by atomic mass is 10.2. The molecule has 0 aliphatic heterocycles. The average molecular weight is 203 g/mol. The van der Waals surface area contributed by atoms with Crippen molar-refractivity contribution in [2.45, 2.75) is 19.4 Å². The Bertz CT molecular complexity index is 422. The molecule has 0 saturated carbocycles. The van der Waals surface area contributed by atoms with Crippen LogP contribution in [0, 0.1) is 0 Å². The highest BCUT2D eigenvalue weighted by atomic mass is 16.4. The van der Waals surface area contributed by atoms with Crippen LogP contribution in [0.3, 0.4) is 0 Å². The molecule has 1 atom stereocenters. The van der Waals surface area contributed by atoms with Crippen LogP contribution < -0.4 is 5.73 Å². The van der Waals surface area contributed by atoms with Crippen molar-refractivity contribution < 1.29 is 4.42 Å². The van der Waals surface area contributed by atoms with E-state index < -0.39 is 0 Å². The molecule has 0 aromatic carbocycles. The van der Waals surface area contributed by atoms with E-state index in [4.69, 9.17) is 10.2 Å². The van der Waals surface area contributed by atoms with Crippen LogP contribution in [0.5, 0.6) is 0 Å². The molecule has 0 aliphatic carbocycles. The molecule has 4 heteroatoms. The molecule has 2 aromatic heterocycles. The van der Waals surface area contributed by atoms with Crippen LogP contribution in [-0.4, -0.2) is 16.0 Å². The molecule has 2 rings (SSSR count). The van der Waals surface area contributed by atoms with Crippen LogP contribution in [0.15, 0.2) is 35.0 Å². The first-order valence-corrected chi connectivity index (χ1v) is 4.87. The average Bonchev–Trinajstić information content (AvgIpc) is 2.67. The lowest BCUT2D eigenvalue weighted by Crippen LogP contribution is -2.17. The number of oxazole rings is 1. The highest BCUT2D eigenvalue weighted by Crippen LogP contribution is 2.16. The van der Waals surface area contributed by atoms with Gasteiger partial charge >= 0.3 is 0 Å². The van der Waals surface area contributed by atoms with E-state index in [1.54, 1.807) is 12.4 Å². The molecule has 78 valence electrons. The van der Waals surface area contributed by atoms with E-state index in [1.807, 2.05) is 25.1 Å². The second kappa shape index (κ2) is 4.23. The predicted octanol–water partition coefficient (Wildman–Crippen LogP) is 1.63. The fourth-order valence-electron chi connectivity index (χ4n) is 1.33. The van der Waals surface area contributed by atoms with Gasteiger partial charge in [0.2, 0.25) is 5.89 Å². The van der Waals surface area contributed by atoms with Gasteiger partial charge in [-0.15, -0.1) is 0 Å². The Hall–Kier alpha value is -1.68. The summed E-state index contributed by atoms with van der Waals surface area (Å²) in [4.78, 5) is 8.31. The summed E-state index contributed by atoms with van der Waals surface area (Å²) >= 11 is 0. The van der Waals surface area contributed by atoms with Crippen LogP contribution in [0.4, 0.5) is 0 Å². The lowest BCUT2D eigenvalue weighted by Gasteiger charge is -1.99. The number of pyridine rings is 1. The van der Waals surface area contributed by atoms with E-state index in [0.717, 1.165) is 11.5 Å². The van der Waals surface area contributed by atoms with Gasteiger partial charge in [0.05, 0.1) is 6.20 Å². The third-order valence-corrected chi connectivity index (χ3v) is 1.96. The van der Waals surface area contributed by atoms with Gasteiger partial charge in [-0.25, -0.2) is 4.98 Å². The Balaban J connectivity index is 2.21. The van der Waals surface area contributed by atoms with E-state index in [-0.39, 0.29) is 6.04 Å². The number of hydrogen-bond donors (Lipinski definition) is 1. The maximum atomic E-state index is 5.67. The zero-order valence-electron chi connectivity index (χ0n) is 8.55. The van der Waals surface area contributed by atoms with E-state index in [9.17, 15) is 0 Å². The minimum atomic E-state index is 0.0783. The summed E-state index contributed by atoms with van der Waals surface area (Å²) in [5.41, 5.74) is 6.41. The van der Waals surface area contributed by atoms with Gasteiger partial charge in [-0.05, 0) is 19.1 Å². The van der Waals surface area contributed by atoms with Crippen molar-refractivity contribution in [1.82, 2.24) is 9.97 Å². The third kappa shape index (κ3) is 2.41. The fraction of sp³-hybridized carbons (Fsp3) is 0.273. The van der Waals surface area contributed by atoms with Crippen LogP contribution >= 0.6 is 0 Å². The summed E-state index contributed by atoms with van der Waals surface area (Å²) in [6.45, 7) is 1.93. The van der Waals surface area contributed by atoms with E-state index in [1.165, 1.54) is 0 Å². The van der Waals surface area contributed by atoms with Crippen molar-refractivity contribution in [1.29, 1.82) is 0 Å². The third-order valence-electron chi connectivity index (χ3n) is 1.96. The molecule has 15 heavy (non-hydrogen) atoms. The molecule has 4 nitrogen and oxygen atoms in total. The maximum absolute atomic E-state index is 5.67. The highest BCUT2D eigenvalue weighted by molar-refractivity contribution is 5.45. The van der Waals surface area contributed by atoms with Gasteiger partial charge in [0.1, 0.15) is 11.5 Å². The molecular formula is C11H13N3O. The summed E-state index contributed by atoms with van der Waals surface area (Å²) in [7, 11) is 0. The van der Waals surface area contributed by atoms with Gasteiger partial charge in [-0.3, -0.25) is 4.98 Å². The van der Waals surface area contributed by atoms with Crippen molar-refractivity contribution in [2.24, 2.45) is 5.73 Å². The molecule has 0 radical (unpaired) electrons. The number of nitrogens with zero attached hydrogens (tertiary/aromatic N) is 2. The standard InChI is InChI=1S/C11H13N3O/c1-8(12)6-9-7-14-11(15-9)10-4-2-3-5-13-10/h2-5,7-8H,6,12H2,1H3.